The topological polar surface area (TPSA) is 95.0 Å². The molecule has 8 nitrogen and oxygen atoms in total. The molecule has 0 fully saturated rings. The minimum Gasteiger partial charge on any atom is -0.361 e. The summed E-state index contributed by atoms with van der Waals surface area (Å²) in [5.74, 6) is 1.45. The highest BCUT2D eigenvalue weighted by molar-refractivity contribution is 5.78. The molecule has 0 spiro atoms. The van der Waals surface area contributed by atoms with Gasteiger partial charge in [-0.15, -0.1) is 0 Å². The van der Waals surface area contributed by atoms with E-state index in [0.29, 0.717) is 19.5 Å². The van der Waals surface area contributed by atoms with Crippen LogP contribution in [0.4, 0.5) is 0 Å². The second-order valence-electron chi connectivity index (χ2n) is 6.37. The zero-order valence-electron chi connectivity index (χ0n) is 14.3. The van der Waals surface area contributed by atoms with Crippen LogP contribution in [0, 0.1) is 19.8 Å². The largest absolute Gasteiger partial charge is 0.361 e. The van der Waals surface area contributed by atoms with Crippen LogP contribution in [-0.4, -0.2) is 32.0 Å². The number of aromatic nitrogens is 4. The van der Waals surface area contributed by atoms with Crippen molar-refractivity contribution in [3.05, 3.63) is 33.3 Å². The lowest BCUT2D eigenvalue weighted by Gasteiger charge is -2.21. The molecule has 1 N–H and O–H groups in total. The maximum absolute atomic E-state index is 12.3. The van der Waals surface area contributed by atoms with E-state index < -0.39 is 0 Å². The van der Waals surface area contributed by atoms with Crippen LogP contribution in [0.1, 0.15) is 35.7 Å². The first kappa shape index (κ1) is 16.5. The van der Waals surface area contributed by atoms with E-state index in [9.17, 15) is 9.59 Å². The van der Waals surface area contributed by atoms with Crippen LogP contribution < -0.4 is 11.0 Å². The van der Waals surface area contributed by atoms with Crippen LogP contribution in [0.5, 0.6) is 0 Å². The summed E-state index contributed by atoms with van der Waals surface area (Å²) >= 11 is 0. The fourth-order valence-corrected chi connectivity index (χ4v) is 3.23. The van der Waals surface area contributed by atoms with Crippen molar-refractivity contribution in [1.82, 2.24) is 24.8 Å². The Kier molecular flexibility index (Phi) is 4.55. The Hall–Kier alpha value is -2.38. The monoisotopic (exact) mass is 333 g/mol. The van der Waals surface area contributed by atoms with Gasteiger partial charge in [0, 0.05) is 32.1 Å². The molecule has 3 rings (SSSR count). The predicted octanol–water partition coefficient (Wildman–Crippen LogP) is 0.498. The van der Waals surface area contributed by atoms with Crippen molar-refractivity contribution in [1.29, 1.82) is 0 Å². The van der Waals surface area contributed by atoms with Crippen molar-refractivity contribution in [3.8, 4) is 0 Å². The van der Waals surface area contributed by atoms with Gasteiger partial charge in [-0.3, -0.25) is 9.36 Å². The van der Waals surface area contributed by atoms with Crippen LogP contribution in [0.3, 0.4) is 0 Å². The number of amides is 1. The van der Waals surface area contributed by atoms with E-state index >= 15 is 0 Å². The normalized spacial score (nSPS) is 16.9. The predicted molar refractivity (Wildman–Crippen MR) is 86.6 cm³/mol. The minimum atomic E-state index is -0.168. The minimum absolute atomic E-state index is 0.00941. The molecule has 130 valence electrons. The number of carbonyl (C=O) groups is 1. The summed E-state index contributed by atoms with van der Waals surface area (Å²) in [6, 6.07) is 0. The number of carbonyl (C=O) groups excluding carboxylic acids is 1. The Morgan fingerprint density at radius 1 is 1.42 bits per heavy atom. The molecule has 3 heterocycles. The summed E-state index contributed by atoms with van der Waals surface area (Å²) in [5.41, 5.74) is 1.88. The molecule has 1 amide bonds. The summed E-state index contributed by atoms with van der Waals surface area (Å²) < 4.78 is 8.08. The molecule has 2 aromatic rings. The summed E-state index contributed by atoms with van der Waals surface area (Å²) in [6.07, 6.45) is 3.05. The molecule has 0 aliphatic carbocycles. The molecule has 0 saturated carbocycles. The van der Waals surface area contributed by atoms with Crippen LogP contribution in [0.2, 0.25) is 0 Å². The molecule has 0 unspecified atom stereocenters. The second kappa shape index (κ2) is 6.62. The quantitative estimate of drug-likeness (QED) is 0.804. The number of aryl methyl sites for hydroxylation is 4. The molecule has 1 atom stereocenters. The number of rotatable bonds is 5. The van der Waals surface area contributed by atoms with E-state index in [-0.39, 0.29) is 17.5 Å². The van der Waals surface area contributed by atoms with Gasteiger partial charge < -0.3 is 9.84 Å². The number of nitrogens with zero attached hydrogens (tertiary/aromatic N) is 4. The van der Waals surface area contributed by atoms with E-state index in [0.717, 1.165) is 42.1 Å². The van der Waals surface area contributed by atoms with E-state index in [1.807, 2.05) is 13.8 Å². The second-order valence-corrected chi connectivity index (χ2v) is 6.37. The van der Waals surface area contributed by atoms with Crippen LogP contribution in [0.25, 0.3) is 0 Å². The highest BCUT2D eigenvalue weighted by atomic mass is 16.5. The van der Waals surface area contributed by atoms with E-state index in [1.54, 1.807) is 11.6 Å². The van der Waals surface area contributed by atoms with Gasteiger partial charge in [-0.25, -0.2) is 9.48 Å². The summed E-state index contributed by atoms with van der Waals surface area (Å²) in [6.45, 7) is 4.85. The Balaban J connectivity index is 1.49. The molecular weight excluding hydrogens is 310 g/mol. The van der Waals surface area contributed by atoms with Crippen LogP contribution in [-0.2, 0) is 31.2 Å². The maximum Gasteiger partial charge on any atom is 0.345 e. The van der Waals surface area contributed by atoms with Gasteiger partial charge in [0.15, 0.2) is 0 Å². The third-order valence-electron chi connectivity index (χ3n) is 4.66. The summed E-state index contributed by atoms with van der Waals surface area (Å²) in [7, 11) is 1.64. The number of nitrogens with one attached hydrogen (secondary N) is 1. The fraction of sp³-hybridized carbons (Fsp3) is 0.625. The average Bonchev–Trinajstić information content (AvgIpc) is 3.04. The van der Waals surface area contributed by atoms with E-state index in [2.05, 4.69) is 15.6 Å². The lowest BCUT2D eigenvalue weighted by atomic mass is 9.98. The molecule has 1 aliphatic heterocycles. The average molecular weight is 333 g/mol. The smallest absolute Gasteiger partial charge is 0.345 e. The van der Waals surface area contributed by atoms with Gasteiger partial charge in [-0.1, -0.05) is 5.16 Å². The fourth-order valence-electron chi connectivity index (χ4n) is 3.23. The van der Waals surface area contributed by atoms with Crippen LogP contribution >= 0.6 is 0 Å². The SMILES string of the molecule is Cc1noc(C)c1CCCNC(=O)[C@@H]1CCc2nn(C)c(=O)n2C1. The van der Waals surface area contributed by atoms with Crippen molar-refractivity contribution in [2.75, 3.05) is 6.54 Å². The van der Waals surface area contributed by atoms with Crippen molar-refractivity contribution in [2.24, 2.45) is 13.0 Å². The van der Waals surface area contributed by atoms with E-state index in [4.69, 9.17) is 4.52 Å². The first-order chi connectivity index (χ1) is 11.5. The third-order valence-corrected chi connectivity index (χ3v) is 4.66. The first-order valence-electron chi connectivity index (χ1n) is 8.29. The molecule has 1 aliphatic rings. The zero-order chi connectivity index (χ0) is 17.3. The van der Waals surface area contributed by atoms with Gasteiger partial charge in [0.2, 0.25) is 5.91 Å². The molecule has 0 saturated heterocycles. The molecule has 0 aromatic carbocycles. The summed E-state index contributed by atoms with van der Waals surface area (Å²) in [5, 5.41) is 11.1. The first-order valence-corrected chi connectivity index (χ1v) is 8.29. The molecule has 0 bridgehead atoms. The highest BCUT2D eigenvalue weighted by Gasteiger charge is 2.27. The molecule has 0 radical (unpaired) electrons. The lowest BCUT2D eigenvalue weighted by molar-refractivity contribution is -0.125. The molecule has 24 heavy (non-hydrogen) atoms. The van der Waals surface area contributed by atoms with Crippen molar-refractivity contribution < 1.29 is 9.32 Å². The molecule has 2 aromatic heterocycles. The van der Waals surface area contributed by atoms with Gasteiger partial charge in [-0.2, -0.15) is 5.10 Å². The van der Waals surface area contributed by atoms with Gasteiger partial charge in [0.1, 0.15) is 11.6 Å². The van der Waals surface area contributed by atoms with Gasteiger partial charge in [0.25, 0.3) is 0 Å². The Morgan fingerprint density at radius 2 is 2.21 bits per heavy atom. The van der Waals surface area contributed by atoms with Crippen molar-refractivity contribution in [2.45, 2.75) is 46.1 Å². The van der Waals surface area contributed by atoms with Gasteiger partial charge in [-0.05, 0) is 33.1 Å². The van der Waals surface area contributed by atoms with Gasteiger partial charge in [0.05, 0.1) is 11.6 Å². The number of hydrogen-bond donors (Lipinski definition) is 1. The van der Waals surface area contributed by atoms with Gasteiger partial charge >= 0.3 is 5.69 Å². The molecular formula is C16H23N5O3. The number of fused-ring (bicyclic) bond motifs is 1. The Labute approximate surface area is 139 Å². The van der Waals surface area contributed by atoms with Crippen molar-refractivity contribution in [3.63, 3.8) is 0 Å². The highest BCUT2D eigenvalue weighted by Crippen LogP contribution is 2.17. The summed E-state index contributed by atoms with van der Waals surface area (Å²) in [4.78, 5) is 24.3. The maximum atomic E-state index is 12.3. The van der Waals surface area contributed by atoms with Crippen LogP contribution in [0.15, 0.2) is 9.32 Å². The molecule has 8 heteroatoms. The van der Waals surface area contributed by atoms with E-state index in [1.165, 1.54) is 4.68 Å². The number of hydrogen-bond acceptors (Lipinski definition) is 5. The third kappa shape index (κ3) is 3.13. The Morgan fingerprint density at radius 3 is 2.92 bits per heavy atom. The zero-order valence-corrected chi connectivity index (χ0v) is 14.3. The lowest BCUT2D eigenvalue weighted by Crippen LogP contribution is -2.39. The Bertz CT molecular complexity index is 782. The van der Waals surface area contributed by atoms with Crippen molar-refractivity contribution >= 4 is 5.91 Å². The standard InChI is InChI=1S/C16H23N5O3/c1-10-13(11(2)24-19-10)5-4-8-17-15(22)12-6-7-14-18-20(3)16(23)21(14)9-12/h12H,4-9H2,1-3H3,(H,17,22)/t12-/m1/s1.